The van der Waals surface area contributed by atoms with Gasteiger partial charge in [-0.3, -0.25) is 0 Å². The fourth-order valence-corrected chi connectivity index (χ4v) is 12.8. The van der Waals surface area contributed by atoms with Crippen molar-refractivity contribution in [2.75, 3.05) is 0 Å². The molecule has 0 bridgehead atoms. The Morgan fingerprint density at radius 3 is 1.31 bits per heavy atom. The topological polar surface area (TPSA) is 0 Å². The van der Waals surface area contributed by atoms with Crippen LogP contribution in [0.4, 0.5) is 0 Å². The van der Waals surface area contributed by atoms with Gasteiger partial charge in [-0.15, -0.1) is 0 Å². The lowest BCUT2D eigenvalue weighted by atomic mass is 9.68. The molecule has 0 saturated heterocycles. The van der Waals surface area contributed by atoms with Crippen molar-refractivity contribution < 1.29 is 0 Å². The predicted molar refractivity (Wildman–Crippen MR) is 292 cm³/mol. The summed E-state index contributed by atoms with van der Waals surface area (Å²) >= 11 is 0. The SMILES string of the molecule is CC(C)(C)C1=CC2C=C(C(C)(C)C)C=C3c4c(c(-c5ccccc5-c5ccccc5)c5cc6c(cc5c4-c4ccccc4-c4ccccc4)-c4cc5cccc7ccc8ccc-6c4c8c75)C(=C1)C32. The molecule has 10 aromatic rings. The van der Waals surface area contributed by atoms with E-state index >= 15 is 0 Å². The molecule has 0 radical (unpaired) electrons. The smallest absolute Gasteiger partial charge is 0.0200 e. The van der Waals surface area contributed by atoms with Crippen LogP contribution in [0.15, 0.2) is 205 Å². The summed E-state index contributed by atoms with van der Waals surface area (Å²) in [4.78, 5) is 0. The Labute approximate surface area is 399 Å². The summed E-state index contributed by atoms with van der Waals surface area (Å²) in [5, 5.41) is 10.7. The van der Waals surface area contributed by atoms with Gasteiger partial charge in [0.2, 0.25) is 0 Å². The van der Waals surface area contributed by atoms with Gasteiger partial charge in [0.05, 0.1) is 0 Å². The molecule has 0 aromatic heterocycles. The summed E-state index contributed by atoms with van der Waals surface area (Å²) in [6.07, 6.45) is 10.5. The predicted octanol–water partition coefficient (Wildman–Crippen LogP) is 19.0. The maximum absolute atomic E-state index is 2.62. The molecule has 0 amide bonds. The van der Waals surface area contributed by atoms with Gasteiger partial charge in [0.25, 0.3) is 0 Å². The molecule has 0 spiro atoms. The Bertz CT molecular complexity index is 3940. The lowest BCUT2D eigenvalue weighted by Crippen LogP contribution is -2.23. The molecule has 2 unspecified atom stereocenters. The first kappa shape index (κ1) is 39.6. The van der Waals surface area contributed by atoms with Gasteiger partial charge in [0, 0.05) is 11.8 Å². The van der Waals surface area contributed by atoms with Gasteiger partial charge in [-0.2, -0.15) is 0 Å². The Kier molecular flexibility index (Phi) is 8.16. The van der Waals surface area contributed by atoms with E-state index in [4.69, 9.17) is 0 Å². The molecular formula is C68H52. The summed E-state index contributed by atoms with van der Waals surface area (Å²) in [5.41, 5.74) is 24.0. The third-order valence-electron chi connectivity index (χ3n) is 15.9. The Morgan fingerprint density at radius 2 is 0.779 bits per heavy atom. The first-order valence-corrected chi connectivity index (χ1v) is 24.6. The van der Waals surface area contributed by atoms with Gasteiger partial charge in [-0.25, -0.2) is 0 Å². The van der Waals surface area contributed by atoms with E-state index in [-0.39, 0.29) is 22.7 Å². The Hall–Kier alpha value is -7.54. The first-order chi connectivity index (χ1) is 33.0. The van der Waals surface area contributed by atoms with Gasteiger partial charge < -0.3 is 0 Å². The van der Waals surface area contributed by atoms with Crippen LogP contribution in [-0.4, -0.2) is 0 Å². The van der Waals surface area contributed by atoms with E-state index in [0.717, 1.165) is 0 Å². The van der Waals surface area contributed by atoms with Crippen LogP contribution < -0.4 is 0 Å². The van der Waals surface area contributed by atoms with Crippen molar-refractivity contribution in [3.05, 3.63) is 216 Å². The first-order valence-electron chi connectivity index (χ1n) is 24.6. The minimum absolute atomic E-state index is 0.0369. The van der Waals surface area contributed by atoms with E-state index in [1.165, 1.54) is 143 Å². The number of fused-ring (bicyclic) bond motifs is 7. The zero-order valence-electron chi connectivity index (χ0n) is 39.6. The van der Waals surface area contributed by atoms with Crippen LogP contribution in [0, 0.1) is 22.7 Å². The molecule has 0 N–H and O–H groups in total. The minimum atomic E-state index is -0.0377. The molecule has 4 aliphatic rings. The van der Waals surface area contributed by atoms with E-state index in [1.54, 1.807) is 0 Å². The molecule has 10 aromatic carbocycles. The van der Waals surface area contributed by atoms with Crippen LogP contribution in [0.3, 0.4) is 0 Å². The van der Waals surface area contributed by atoms with Gasteiger partial charge in [0.1, 0.15) is 0 Å². The van der Waals surface area contributed by atoms with Crippen molar-refractivity contribution in [3.63, 3.8) is 0 Å². The highest BCUT2D eigenvalue weighted by molar-refractivity contribution is 6.33. The average Bonchev–Trinajstić information content (AvgIpc) is 3.85. The normalized spacial score (nSPS) is 17.0. The van der Waals surface area contributed by atoms with Gasteiger partial charge in [0.15, 0.2) is 0 Å². The van der Waals surface area contributed by atoms with Crippen molar-refractivity contribution in [2.24, 2.45) is 22.7 Å². The number of hydrogen-bond acceptors (Lipinski definition) is 0. The molecule has 0 fully saturated rings. The fourth-order valence-electron chi connectivity index (χ4n) is 12.8. The number of hydrogen-bond donors (Lipinski definition) is 0. The second-order valence-corrected chi connectivity index (χ2v) is 21.9. The molecule has 0 heterocycles. The third kappa shape index (κ3) is 5.55. The van der Waals surface area contributed by atoms with Crippen molar-refractivity contribution in [2.45, 2.75) is 41.5 Å². The summed E-state index contributed by atoms with van der Waals surface area (Å²) < 4.78 is 0. The van der Waals surface area contributed by atoms with Crippen molar-refractivity contribution in [1.29, 1.82) is 0 Å². The lowest BCUT2D eigenvalue weighted by molar-refractivity contribution is 0.491. The van der Waals surface area contributed by atoms with Crippen LogP contribution in [0.25, 0.3) is 121 Å². The minimum Gasteiger partial charge on any atom is -0.0729 e. The standard InChI is InChI=1S/C68H52/c1-67(2,3)45-32-44-33-46(68(4,5)6)36-58-60(44)57(35-45)65-63(49-26-15-13-24-47(49)39-18-9-7-10-19-39)55-37-52-51-31-30-42-29-28-41-22-17-23-43-34-54(62(51)61(42)59(41)43)53(52)38-56(55)64(66(58)65)50-27-16-14-25-48(50)40-20-11-8-12-21-40/h7-38,44,60H,1-6H3. The molecule has 324 valence electrons. The van der Waals surface area contributed by atoms with Crippen molar-refractivity contribution >= 4 is 54.2 Å². The van der Waals surface area contributed by atoms with E-state index in [2.05, 4.69) is 236 Å². The second kappa shape index (κ2) is 14.0. The van der Waals surface area contributed by atoms with E-state index < -0.39 is 0 Å². The molecule has 4 aliphatic carbocycles. The third-order valence-corrected chi connectivity index (χ3v) is 15.9. The van der Waals surface area contributed by atoms with Gasteiger partial charge in [-0.1, -0.05) is 218 Å². The highest BCUT2D eigenvalue weighted by Gasteiger charge is 2.46. The quantitative estimate of drug-likeness (QED) is 0.155. The zero-order chi connectivity index (χ0) is 45.8. The maximum atomic E-state index is 2.62. The van der Waals surface area contributed by atoms with Crippen LogP contribution in [-0.2, 0) is 0 Å². The zero-order valence-corrected chi connectivity index (χ0v) is 39.6. The average molecular weight is 869 g/mol. The summed E-state index contributed by atoms with van der Waals surface area (Å²) in [6, 6.07) is 64.6. The summed E-state index contributed by atoms with van der Waals surface area (Å²) in [5.74, 6) is 0.432. The number of benzene rings is 10. The summed E-state index contributed by atoms with van der Waals surface area (Å²) in [6.45, 7) is 14.3. The number of allylic oxidation sites excluding steroid dienone is 8. The molecule has 2 atom stereocenters. The number of rotatable bonds is 4. The van der Waals surface area contributed by atoms with Crippen molar-refractivity contribution in [1.82, 2.24) is 0 Å². The molecule has 14 rings (SSSR count). The second-order valence-electron chi connectivity index (χ2n) is 21.9. The molecule has 0 heteroatoms. The molecule has 68 heavy (non-hydrogen) atoms. The molecule has 0 aliphatic heterocycles. The van der Waals surface area contributed by atoms with E-state index in [0.29, 0.717) is 0 Å². The maximum Gasteiger partial charge on any atom is 0.0200 e. The summed E-state index contributed by atoms with van der Waals surface area (Å²) in [7, 11) is 0. The molecule has 0 saturated carbocycles. The monoisotopic (exact) mass is 868 g/mol. The van der Waals surface area contributed by atoms with Crippen LogP contribution in [0.1, 0.15) is 52.7 Å². The van der Waals surface area contributed by atoms with E-state index in [9.17, 15) is 0 Å². The van der Waals surface area contributed by atoms with Crippen molar-refractivity contribution in [3.8, 4) is 66.8 Å². The largest absolute Gasteiger partial charge is 0.0729 e. The highest BCUT2D eigenvalue weighted by Crippen LogP contribution is 2.64. The Balaban J connectivity index is 1.22. The van der Waals surface area contributed by atoms with Crippen LogP contribution >= 0.6 is 0 Å². The highest BCUT2D eigenvalue weighted by atomic mass is 14.5. The van der Waals surface area contributed by atoms with E-state index in [1.807, 2.05) is 0 Å². The van der Waals surface area contributed by atoms with Crippen LogP contribution in [0.5, 0.6) is 0 Å². The fraction of sp³-hybridized carbons (Fsp3) is 0.147. The Morgan fingerprint density at radius 1 is 0.324 bits per heavy atom. The van der Waals surface area contributed by atoms with Crippen LogP contribution in [0.2, 0.25) is 0 Å². The molecular weight excluding hydrogens is 817 g/mol. The van der Waals surface area contributed by atoms with Gasteiger partial charge >= 0.3 is 0 Å². The van der Waals surface area contributed by atoms with Gasteiger partial charge in [-0.05, 0) is 172 Å². The lowest BCUT2D eigenvalue weighted by Gasteiger charge is -2.36. The molecule has 0 nitrogen and oxygen atoms in total.